The van der Waals surface area contributed by atoms with Gasteiger partial charge >= 0.3 is 0 Å². The average Bonchev–Trinajstić information content (AvgIpc) is 2.93. The highest BCUT2D eigenvalue weighted by Crippen LogP contribution is 2.21. The van der Waals surface area contributed by atoms with E-state index in [0.717, 1.165) is 23.1 Å². The third-order valence-corrected chi connectivity index (χ3v) is 3.14. The molecule has 0 unspecified atom stereocenters. The summed E-state index contributed by atoms with van der Waals surface area (Å²) in [5.74, 6) is 1.78. The maximum atomic E-state index is 7.50. The number of nitrogens with zero attached hydrogens (tertiary/aromatic N) is 3. The van der Waals surface area contributed by atoms with E-state index in [-0.39, 0.29) is 11.1 Å². The lowest BCUT2D eigenvalue weighted by Gasteiger charge is -1.98. The molecule has 2 aromatic rings. The standard InChI is InChI=1S/C12H14N6O2S/c1-19-8-4-2-7(3-5-8)10-16-9(20-18-10)6-21-12(15)17-11(13)14/h2-5H,6H2,1H3,(H5,13,14,15,17). The summed E-state index contributed by atoms with van der Waals surface area (Å²) in [4.78, 5) is 7.83. The number of rotatable bonds is 4. The predicted molar refractivity (Wildman–Crippen MR) is 81.1 cm³/mol. The molecule has 0 aliphatic heterocycles. The van der Waals surface area contributed by atoms with Crippen LogP contribution in [0, 0.1) is 5.41 Å². The SMILES string of the molecule is COc1ccc(-c2noc(CSC(=N)N=C(N)N)n2)cc1. The fourth-order valence-corrected chi connectivity index (χ4v) is 2.00. The van der Waals surface area contributed by atoms with Crippen LogP contribution in [0.2, 0.25) is 0 Å². The normalized spacial score (nSPS) is 10.1. The maximum absolute atomic E-state index is 7.50. The van der Waals surface area contributed by atoms with Crippen molar-refractivity contribution < 1.29 is 9.26 Å². The van der Waals surface area contributed by atoms with Crippen molar-refractivity contribution in [2.75, 3.05) is 7.11 Å². The first-order valence-electron chi connectivity index (χ1n) is 5.86. The Morgan fingerprint density at radius 1 is 1.38 bits per heavy atom. The summed E-state index contributed by atoms with van der Waals surface area (Å²) in [7, 11) is 1.60. The average molecular weight is 306 g/mol. The third kappa shape index (κ3) is 4.21. The van der Waals surface area contributed by atoms with Gasteiger partial charge in [0.15, 0.2) is 11.1 Å². The maximum Gasteiger partial charge on any atom is 0.237 e. The van der Waals surface area contributed by atoms with Crippen LogP contribution in [0.5, 0.6) is 5.75 Å². The molecule has 0 bridgehead atoms. The Morgan fingerprint density at radius 2 is 2.10 bits per heavy atom. The van der Waals surface area contributed by atoms with Crippen molar-refractivity contribution in [2.24, 2.45) is 16.5 Å². The molecule has 0 aliphatic carbocycles. The number of hydrogen-bond donors (Lipinski definition) is 3. The predicted octanol–water partition coefficient (Wildman–Crippen LogP) is 1.19. The molecule has 2 rings (SSSR count). The van der Waals surface area contributed by atoms with E-state index in [1.807, 2.05) is 24.3 Å². The van der Waals surface area contributed by atoms with Crippen LogP contribution in [0.1, 0.15) is 5.89 Å². The van der Waals surface area contributed by atoms with Crippen LogP contribution < -0.4 is 16.2 Å². The van der Waals surface area contributed by atoms with Gasteiger partial charge in [-0.25, -0.2) is 0 Å². The second kappa shape index (κ2) is 6.75. The lowest BCUT2D eigenvalue weighted by atomic mass is 10.2. The quantitative estimate of drug-likeness (QED) is 0.570. The summed E-state index contributed by atoms with van der Waals surface area (Å²) in [5.41, 5.74) is 11.2. The molecule has 0 saturated heterocycles. The summed E-state index contributed by atoms with van der Waals surface area (Å²) in [6.07, 6.45) is 0. The highest BCUT2D eigenvalue weighted by molar-refractivity contribution is 8.13. The molecular weight excluding hydrogens is 292 g/mol. The lowest BCUT2D eigenvalue weighted by molar-refractivity contribution is 0.392. The number of aromatic nitrogens is 2. The van der Waals surface area contributed by atoms with Crippen molar-refractivity contribution in [2.45, 2.75) is 5.75 Å². The first-order valence-corrected chi connectivity index (χ1v) is 6.85. The Morgan fingerprint density at radius 3 is 2.71 bits per heavy atom. The topological polar surface area (TPSA) is 136 Å². The van der Waals surface area contributed by atoms with Crippen molar-refractivity contribution in [1.82, 2.24) is 10.1 Å². The number of amidine groups is 1. The Hall–Kier alpha value is -2.55. The van der Waals surface area contributed by atoms with E-state index in [4.69, 9.17) is 26.1 Å². The van der Waals surface area contributed by atoms with Crippen LogP contribution in [0.4, 0.5) is 0 Å². The summed E-state index contributed by atoms with van der Waals surface area (Å²) in [5, 5.41) is 11.4. The van der Waals surface area contributed by atoms with Gasteiger partial charge in [0.2, 0.25) is 11.7 Å². The van der Waals surface area contributed by atoms with E-state index >= 15 is 0 Å². The molecule has 1 aromatic heterocycles. The van der Waals surface area contributed by atoms with E-state index in [2.05, 4.69) is 15.1 Å². The molecule has 1 heterocycles. The van der Waals surface area contributed by atoms with Gasteiger partial charge < -0.3 is 20.7 Å². The van der Waals surface area contributed by atoms with Crippen LogP contribution in [0.15, 0.2) is 33.8 Å². The fourth-order valence-electron chi connectivity index (χ4n) is 1.45. The fraction of sp³-hybridized carbons (Fsp3) is 0.167. The second-order valence-corrected chi connectivity index (χ2v) is 4.83. The molecule has 8 nitrogen and oxygen atoms in total. The third-order valence-electron chi connectivity index (χ3n) is 2.38. The molecule has 0 radical (unpaired) electrons. The lowest BCUT2D eigenvalue weighted by Crippen LogP contribution is -2.23. The van der Waals surface area contributed by atoms with Crippen molar-refractivity contribution >= 4 is 22.9 Å². The molecule has 0 atom stereocenters. The van der Waals surface area contributed by atoms with Gasteiger partial charge in [-0.05, 0) is 24.3 Å². The molecule has 1 aromatic carbocycles. The highest BCUT2D eigenvalue weighted by Gasteiger charge is 2.10. The summed E-state index contributed by atoms with van der Waals surface area (Å²) in [6, 6.07) is 7.30. The van der Waals surface area contributed by atoms with E-state index in [0.29, 0.717) is 17.5 Å². The van der Waals surface area contributed by atoms with Gasteiger partial charge in [-0.15, -0.1) is 0 Å². The van der Waals surface area contributed by atoms with Gasteiger partial charge in [0.25, 0.3) is 0 Å². The molecule has 5 N–H and O–H groups in total. The number of methoxy groups -OCH3 is 1. The molecule has 9 heteroatoms. The van der Waals surface area contributed by atoms with Crippen molar-refractivity contribution in [1.29, 1.82) is 5.41 Å². The van der Waals surface area contributed by atoms with Gasteiger partial charge in [0.1, 0.15) is 5.75 Å². The Bertz CT molecular complexity index is 648. The van der Waals surface area contributed by atoms with Crippen molar-refractivity contribution in [3.63, 3.8) is 0 Å². The minimum absolute atomic E-state index is 0.0146. The van der Waals surface area contributed by atoms with Crippen molar-refractivity contribution in [3.05, 3.63) is 30.2 Å². The number of thioether (sulfide) groups is 1. The Labute approximate surface area is 125 Å². The van der Waals surface area contributed by atoms with Crippen LogP contribution >= 0.6 is 11.8 Å². The van der Waals surface area contributed by atoms with Crippen LogP contribution in [0.3, 0.4) is 0 Å². The molecule has 0 aliphatic rings. The van der Waals surface area contributed by atoms with Gasteiger partial charge in [0, 0.05) is 5.56 Å². The molecule has 110 valence electrons. The Kier molecular flexibility index (Phi) is 4.77. The Balaban J connectivity index is 2.00. The van der Waals surface area contributed by atoms with Crippen LogP contribution in [0.25, 0.3) is 11.4 Å². The van der Waals surface area contributed by atoms with E-state index in [1.54, 1.807) is 7.11 Å². The number of benzene rings is 1. The molecule has 0 spiro atoms. The number of hydrogen-bond acceptors (Lipinski definition) is 6. The zero-order chi connectivity index (χ0) is 15.2. The smallest absolute Gasteiger partial charge is 0.237 e. The molecular formula is C12H14N6O2S. The van der Waals surface area contributed by atoms with Crippen LogP contribution in [-0.4, -0.2) is 28.4 Å². The summed E-state index contributed by atoms with van der Waals surface area (Å²) >= 11 is 1.09. The highest BCUT2D eigenvalue weighted by atomic mass is 32.2. The molecule has 0 saturated carbocycles. The number of nitrogens with two attached hydrogens (primary N) is 2. The first kappa shape index (κ1) is 14.9. The van der Waals surface area contributed by atoms with E-state index in [1.165, 1.54) is 0 Å². The number of ether oxygens (including phenoxy) is 1. The summed E-state index contributed by atoms with van der Waals surface area (Å²) < 4.78 is 10.2. The minimum atomic E-state index is -0.156. The molecule has 0 fully saturated rings. The van der Waals surface area contributed by atoms with E-state index in [9.17, 15) is 0 Å². The first-order chi connectivity index (χ1) is 10.1. The summed E-state index contributed by atoms with van der Waals surface area (Å²) in [6.45, 7) is 0. The number of guanidine groups is 1. The van der Waals surface area contributed by atoms with Gasteiger partial charge in [-0.3, -0.25) is 5.41 Å². The van der Waals surface area contributed by atoms with Crippen LogP contribution in [-0.2, 0) is 5.75 Å². The van der Waals surface area contributed by atoms with Crippen molar-refractivity contribution in [3.8, 4) is 17.1 Å². The minimum Gasteiger partial charge on any atom is -0.497 e. The van der Waals surface area contributed by atoms with Gasteiger partial charge in [-0.1, -0.05) is 16.9 Å². The monoisotopic (exact) mass is 306 g/mol. The van der Waals surface area contributed by atoms with Gasteiger partial charge in [0.05, 0.1) is 12.9 Å². The zero-order valence-corrected chi connectivity index (χ0v) is 12.1. The largest absolute Gasteiger partial charge is 0.497 e. The van der Waals surface area contributed by atoms with Gasteiger partial charge in [-0.2, -0.15) is 9.98 Å². The molecule has 0 amide bonds. The number of aliphatic imine (C=N–C) groups is 1. The zero-order valence-electron chi connectivity index (χ0n) is 11.2. The number of nitrogens with one attached hydrogen (secondary N) is 1. The second-order valence-electron chi connectivity index (χ2n) is 3.87. The van der Waals surface area contributed by atoms with E-state index < -0.39 is 0 Å². The molecule has 21 heavy (non-hydrogen) atoms.